The van der Waals surface area contributed by atoms with Crippen LogP contribution in [0.15, 0.2) is 22.7 Å². The van der Waals surface area contributed by atoms with Crippen molar-refractivity contribution in [2.75, 3.05) is 5.32 Å². The minimum atomic E-state index is 0.162. The largest absolute Gasteiger partial charge is 0.389 e. The van der Waals surface area contributed by atoms with Crippen LogP contribution in [0.2, 0.25) is 0 Å². The van der Waals surface area contributed by atoms with Gasteiger partial charge in [0.1, 0.15) is 4.99 Å². The zero-order chi connectivity index (χ0) is 14.9. The minimum Gasteiger partial charge on any atom is -0.389 e. The Morgan fingerprint density at radius 3 is 2.70 bits per heavy atom. The fraction of sp³-hybridized carbons (Fsp3) is 0.286. The van der Waals surface area contributed by atoms with E-state index in [0.29, 0.717) is 4.99 Å². The maximum atomic E-state index is 5.79. The number of benzene rings is 1. The number of hydrogen-bond donors (Lipinski definition) is 2. The maximum Gasteiger partial charge on any atom is 0.106 e. The van der Waals surface area contributed by atoms with Crippen molar-refractivity contribution in [3.05, 3.63) is 43.8 Å². The van der Waals surface area contributed by atoms with Gasteiger partial charge in [0, 0.05) is 20.6 Å². The Kier molecular flexibility index (Phi) is 4.78. The van der Waals surface area contributed by atoms with Gasteiger partial charge in [-0.15, -0.1) is 11.3 Å². The summed E-state index contributed by atoms with van der Waals surface area (Å²) in [5, 5.41) is 4.55. The quantitative estimate of drug-likeness (QED) is 0.787. The Morgan fingerprint density at radius 1 is 1.45 bits per heavy atom. The van der Waals surface area contributed by atoms with Crippen LogP contribution < -0.4 is 11.1 Å². The van der Waals surface area contributed by atoms with Gasteiger partial charge in [-0.2, -0.15) is 0 Å². The van der Waals surface area contributed by atoms with Crippen LogP contribution >= 0.6 is 39.5 Å². The number of aromatic nitrogens is 1. The number of thiazole rings is 1. The van der Waals surface area contributed by atoms with Gasteiger partial charge in [0.2, 0.25) is 0 Å². The highest BCUT2D eigenvalue weighted by molar-refractivity contribution is 9.10. The van der Waals surface area contributed by atoms with Crippen molar-refractivity contribution in [3.63, 3.8) is 0 Å². The van der Waals surface area contributed by atoms with Gasteiger partial charge in [0.25, 0.3) is 0 Å². The smallest absolute Gasteiger partial charge is 0.106 e. The van der Waals surface area contributed by atoms with E-state index in [9.17, 15) is 0 Å². The molecule has 3 nitrogen and oxygen atoms in total. The number of nitrogens with zero attached hydrogens (tertiary/aromatic N) is 1. The van der Waals surface area contributed by atoms with Crippen molar-refractivity contribution in [3.8, 4) is 0 Å². The van der Waals surface area contributed by atoms with E-state index in [2.05, 4.69) is 33.2 Å². The molecule has 6 heteroatoms. The average molecular weight is 370 g/mol. The van der Waals surface area contributed by atoms with Crippen LogP contribution in [0.5, 0.6) is 0 Å². The summed E-state index contributed by atoms with van der Waals surface area (Å²) in [4.78, 5) is 6.09. The molecule has 0 aliphatic heterocycles. The van der Waals surface area contributed by atoms with Gasteiger partial charge in [-0.3, -0.25) is 0 Å². The second kappa shape index (κ2) is 6.20. The maximum absolute atomic E-state index is 5.79. The predicted molar refractivity (Wildman–Crippen MR) is 93.7 cm³/mol. The van der Waals surface area contributed by atoms with Crippen molar-refractivity contribution in [1.82, 2.24) is 4.98 Å². The van der Waals surface area contributed by atoms with Crippen molar-refractivity contribution >= 4 is 50.2 Å². The van der Waals surface area contributed by atoms with Crippen LogP contribution in [0, 0.1) is 13.8 Å². The highest BCUT2D eigenvalue weighted by atomic mass is 79.9. The molecule has 2 rings (SSSR count). The summed E-state index contributed by atoms with van der Waals surface area (Å²) in [6.07, 6.45) is 0. The van der Waals surface area contributed by atoms with Gasteiger partial charge >= 0.3 is 0 Å². The highest BCUT2D eigenvalue weighted by Crippen LogP contribution is 2.29. The van der Waals surface area contributed by atoms with Crippen LogP contribution in [-0.2, 0) is 0 Å². The molecule has 0 amide bonds. The van der Waals surface area contributed by atoms with E-state index in [1.807, 2.05) is 32.0 Å². The van der Waals surface area contributed by atoms with E-state index in [-0.39, 0.29) is 6.04 Å². The zero-order valence-electron chi connectivity index (χ0n) is 11.5. The Morgan fingerprint density at radius 2 is 2.15 bits per heavy atom. The molecule has 2 aromatic rings. The Labute approximate surface area is 136 Å². The molecule has 0 radical (unpaired) electrons. The lowest BCUT2D eigenvalue weighted by Crippen LogP contribution is -2.15. The number of nitrogens with two attached hydrogens (primary N) is 1. The van der Waals surface area contributed by atoms with Crippen LogP contribution in [-0.4, -0.2) is 9.97 Å². The molecular weight excluding hydrogens is 354 g/mol. The normalized spacial score (nSPS) is 12.2. The van der Waals surface area contributed by atoms with E-state index >= 15 is 0 Å². The van der Waals surface area contributed by atoms with E-state index in [1.165, 1.54) is 4.88 Å². The Balaban J connectivity index is 2.30. The molecule has 1 aromatic heterocycles. The summed E-state index contributed by atoms with van der Waals surface area (Å²) in [7, 11) is 0. The highest BCUT2D eigenvalue weighted by Gasteiger charge is 2.15. The van der Waals surface area contributed by atoms with Gasteiger partial charge < -0.3 is 11.1 Å². The molecule has 20 heavy (non-hydrogen) atoms. The molecule has 0 aliphatic carbocycles. The van der Waals surface area contributed by atoms with Gasteiger partial charge in [0.15, 0.2) is 0 Å². The summed E-state index contributed by atoms with van der Waals surface area (Å²) in [5.74, 6) is 0. The molecule has 106 valence electrons. The summed E-state index contributed by atoms with van der Waals surface area (Å²) in [6, 6.07) is 6.05. The number of halogens is 1. The van der Waals surface area contributed by atoms with Gasteiger partial charge in [0.05, 0.1) is 16.7 Å². The zero-order valence-corrected chi connectivity index (χ0v) is 14.7. The van der Waals surface area contributed by atoms with E-state index in [1.54, 1.807) is 11.3 Å². The van der Waals surface area contributed by atoms with Crippen molar-refractivity contribution in [2.45, 2.75) is 26.8 Å². The molecule has 1 heterocycles. The molecule has 0 saturated heterocycles. The third-order valence-corrected chi connectivity index (χ3v) is 4.92. The second-order valence-corrected chi connectivity index (χ2v) is 7.19. The minimum absolute atomic E-state index is 0.162. The van der Waals surface area contributed by atoms with Crippen LogP contribution in [0.1, 0.15) is 34.1 Å². The van der Waals surface area contributed by atoms with Gasteiger partial charge in [-0.25, -0.2) is 4.98 Å². The average Bonchev–Trinajstić information content (AvgIpc) is 2.70. The SMILES string of the molecule is Cc1nc(C)c(C(C)Nc2ccc(Br)cc2C(N)=S)s1. The summed E-state index contributed by atoms with van der Waals surface area (Å²) in [5.41, 5.74) is 8.65. The monoisotopic (exact) mass is 369 g/mol. The molecule has 0 bridgehead atoms. The number of hydrogen-bond acceptors (Lipinski definition) is 4. The van der Waals surface area contributed by atoms with E-state index in [4.69, 9.17) is 18.0 Å². The summed E-state index contributed by atoms with van der Waals surface area (Å²) < 4.78 is 0.961. The molecule has 0 spiro atoms. The summed E-state index contributed by atoms with van der Waals surface area (Å²) in [6.45, 7) is 6.17. The number of thiocarbonyl (C=S) groups is 1. The third-order valence-electron chi connectivity index (χ3n) is 2.95. The first-order chi connectivity index (χ1) is 9.38. The summed E-state index contributed by atoms with van der Waals surface area (Å²) >= 11 is 10.3. The second-order valence-electron chi connectivity index (χ2n) is 4.60. The molecule has 0 aliphatic rings. The van der Waals surface area contributed by atoms with Gasteiger partial charge in [-0.1, -0.05) is 28.1 Å². The lowest BCUT2D eigenvalue weighted by Gasteiger charge is -2.17. The first-order valence-electron chi connectivity index (χ1n) is 6.18. The third kappa shape index (κ3) is 3.37. The molecule has 1 unspecified atom stereocenters. The van der Waals surface area contributed by atoms with Gasteiger partial charge in [-0.05, 0) is 39.0 Å². The van der Waals surface area contributed by atoms with Crippen molar-refractivity contribution in [1.29, 1.82) is 0 Å². The molecule has 1 aromatic carbocycles. The topological polar surface area (TPSA) is 50.9 Å². The molecule has 0 saturated carbocycles. The van der Waals surface area contributed by atoms with E-state index < -0.39 is 0 Å². The standard InChI is InChI=1S/C14H16BrN3S2/c1-7-13(20-9(3)17-7)8(2)18-12-5-4-10(15)6-11(12)14(16)19/h4-6,8,18H,1-3H3,(H2,16,19). The number of nitrogens with one attached hydrogen (secondary N) is 1. The predicted octanol–water partition coefficient (Wildman–Crippen LogP) is 4.33. The molecular formula is C14H16BrN3S2. The van der Waals surface area contributed by atoms with Crippen molar-refractivity contribution < 1.29 is 0 Å². The fourth-order valence-corrected chi connectivity index (χ4v) is 3.55. The number of aryl methyl sites for hydroxylation is 2. The van der Waals surface area contributed by atoms with Crippen LogP contribution in [0.4, 0.5) is 5.69 Å². The first-order valence-corrected chi connectivity index (χ1v) is 8.20. The van der Waals surface area contributed by atoms with Crippen molar-refractivity contribution in [2.24, 2.45) is 5.73 Å². The molecule has 1 atom stereocenters. The molecule has 3 N–H and O–H groups in total. The lowest BCUT2D eigenvalue weighted by atomic mass is 10.1. The lowest BCUT2D eigenvalue weighted by molar-refractivity contribution is 0.889. The number of rotatable bonds is 4. The Bertz CT molecular complexity index is 652. The Hall–Kier alpha value is -0.980. The first kappa shape index (κ1) is 15.4. The fourth-order valence-electron chi connectivity index (χ4n) is 2.09. The van der Waals surface area contributed by atoms with Crippen LogP contribution in [0.25, 0.3) is 0 Å². The van der Waals surface area contributed by atoms with E-state index in [0.717, 1.165) is 26.4 Å². The van der Waals surface area contributed by atoms with Crippen LogP contribution in [0.3, 0.4) is 0 Å². The molecule has 0 fully saturated rings. The number of anilines is 1.